The number of nitrogens with zero attached hydrogens (tertiary/aromatic N) is 2. The Morgan fingerprint density at radius 1 is 1.33 bits per heavy atom. The summed E-state index contributed by atoms with van der Waals surface area (Å²) in [5.74, 6) is 2.24. The largest absolute Gasteiger partial charge is 0.379 e. The van der Waals surface area contributed by atoms with Gasteiger partial charge in [-0.1, -0.05) is 29.8 Å². The van der Waals surface area contributed by atoms with Gasteiger partial charge in [0.2, 0.25) is 0 Å². The maximum atomic E-state index is 5.56. The number of ether oxygens (including phenoxy) is 1. The van der Waals surface area contributed by atoms with E-state index < -0.39 is 0 Å². The molecule has 27 heavy (non-hydrogen) atoms. The van der Waals surface area contributed by atoms with E-state index in [-0.39, 0.29) is 0 Å². The van der Waals surface area contributed by atoms with E-state index in [1.165, 1.54) is 29.7 Å². The molecule has 3 rings (SSSR count). The van der Waals surface area contributed by atoms with E-state index in [0.29, 0.717) is 6.04 Å². The molecular weight excluding hydrogens is 356 g/mol. The monoisotopic (exact) mass is 390 g/mol. The van der Waals surface area contributed by atoms with Crippen molar-refractivity contribution in [2.24, 2.45) is 4.99 Å². The first-order valence-corrected chi connectivity index (χ1v) is 11.3. The van der Waals surface area contributed by atoms with Crippen LogP contribution in [0.2, 0.25) is 0 Å². The highest BCUT2D eigenvalue weighted by Gasteiger charge is 2.23. The summed E-state index contributed by atoms with van der Waals surface area (Å²) in [5.41, 5.74) is 2.65. The fourth-order valence-electron chi connectivity index (χ4n) is 3.73. The molecule has 2 aliphatic rings. The lowest BCUT2D eigenvalue weighted by Gasteiger charge is -2.34. The standard InChI is InChI=1S/C21H34N4OS/c1-3-22-21(23-15-19-8-5-13-27-19)24-16-20(25-9-11-26-12-10-25)18-7-4-6-17(2)14-18/h4,6-7,14,19-20H,3,5,8-13,15-16H2,1-2H3,(H2,22,23,24). The fourth-order valence-corrected chi connectivity index (χ4v) is 4.93. The van der Waals surface area contributed by atoms with Gasteiger partial charge in [-0.2, -0.15) is 11.8 Å². The van der Waals surface area contributed by atoms with E-state index in [0.717, 1.165) is 57.1 Å². The lowest BCUT2D eigenvalue weighted by atomic mass is 10.0. The predicted molar refractivity (Wildman–Crippen MR) is 116 cm³/mol. The molecule has 2 heterocycles. The second-order valence-corrected chi connectivity index (χ2v) is 8.72. The number of nitrogens with one attached hydrogen (secondary N) is 2. The number of hydrogen-bond donors (Lipinski definition) is 2. The van der Waals surface area contributed by atoms with Crippen LogP contribution in [0.4, 0.5) is 0 Å². The molecule has 0 saturated carbocycles. The minimum atomic E-state index is 0.296. The third-order valence-corrected chi connectivity index (χ3v) is 6.60. The van der Waals surface area contributed by atoms with Crippen LogP contribution in [0.1, 0.15) is 36.9 Å². The van der Waals surface area contributed by atoms with E-state index in [2.05, 4.69) is 65.4 Å². The number of thioether (sulfide) groups is 1. The Labute approximate surface area is 168 Å². The highest BCUT2D eigenvalue weighted by molar-refractivity contribution is 8.00. The van der Waals surface area contributed by atoms with Crippen molar-refractivity contribution >= 4 is 17.7 Å². The molecule has 2 fully saturated rings. The van der Waals surface area contributed by atoms with Gasteiger partial charge in [-0.05, 0) is 38.0 Å². The van der Waals surface area contributed by atoms with Gasteiger partial charge in [0.25, 0.3) is 0 Å². The smallest absolute Gasteiger partial charge is 0.191 e. The van der Waals surface area contributed by atoms with E-state index in [4.69, 9.17) is 9.73 Å². The normalized spacial score (nSPS) is 22.6. The minimum absolute atomic E-state index is 0.296. The molecule has 2 aliphatic heterocycles. The molecule has 2 atom stereocenters. The van der Waals surface area contributed by atoms with E-state index >= 15 is 0 Å². The van der Waals surface area contributed by atoms with Crippen LogP contribution in [-0.4, -0.2) is 67.8 Å². The SMILES string of the molecule is CCNC(=NCC(c1cccc(C)c1)N1CCOCC1)NCC1CCCS1. The molecule has 0 spiro atoms. The summed E-state index contributed by atoms with van der Waals surface area (Å²) in [5, 5.41) is 7.70. The maximum Gasteiger partial charge on any atom is 0.191 e. The maximum absolute atomic E-state index is 5.56. The topological polar surface area (TPSA) is 48.9 Å². The molecule has 150 valence electrons. The van der Waals surface area contributed by atoms with Crippen molar-refractivity contribution in [2.75, 3.05) is 51.7 Å². The summed E-state index contributed by atoms with van der Waals surface area (Å²) in [6, 6.07) is 9.14. The summed E-state index contributed by atoms with van der Waals surface area (Å²) in [6.45, 7) is 10.5. The Bertz CT molecular complexity index is 598. The van der Waals surface area contributed by atoms with Gasteiger partial charge in [-0.25, -0.2) is 0 Å². The van der Waals surface area contributed by atoms with Crippen LogP contribution >= 0.6 is 11.8 Å². The summed E-state index contributed by atoms with van der Waals surface area (Å²) >= 11 is 2.08. The zero-order valence-electron chi connectivity index (χ0n) is 16.7. The Kier molecular flexibility index (Phi) is 8.30. The molecule has 1 aromatic carbocycles. The van der Waals surface area contributed by atoms with Crippen LogP contribution < -0.4 is 10.6 Å². The van der Waals surface area contributed by atoms with Crippen LogP contribution in [0, 0.1) is 6.92 Å². The zero-order valence-corrected chi connectivity index (χ0v) is 17.6. The van der Waals surface area contributed by atoms with Crippen LogP contribution in [0.15, 0.2) is 29.3 Å². The van der Waals surface area contributed by atoms with Gasteiger partial charge in [0.1, 0.15) is 0 Å². The van der Waals surface area contributed by atoms with Crippen molar-refractivity contribution in [3.05, 3.63) is 35.4 Å². The number of aliphatic imine (C=N–C) groups is 1. The van der Waals surface area contributed by atoms with Crippen molar-refractivity contribution in [1.29, 1.82) is 0 Å². The molecule has 6 heteroatoms. The second-order valence-electron chi connectivity index (χ2n) is 7.31. The van der Waals surface area contributed by atoms with Crippen molar-refractivity contribution in [3.8, 4) is 0 Å². The van der Waals surface area contributed by atoms with Crippen LogP contribution in [0.25, 0.3) is 0 Å². The highest BCUT2D eigenvalue weighted by atomic mass is 32.2. The van der Waals surface area contributed by atoms with Gasteiger partial charge in [0.05, 0.1) is 25.8 Å². The quantitative estimate of drug-likeness (QED) is 0.554. The Balaban J connectivity index is 1.68. The first-order chi connectivity index (χ1) is 13.3. The Morgan fingerprint density at radius 3 is 2.89 bits per heavy atom. The van der Waals surface area contributed by atoms with Gasteiger partial charge in [0.15, 0.2) is 5.96 Å². The van der Waals surface area contributed by atoms with Crippen LogP contribution in [0.5, 0.6) is 0 Å². The van der Waals surface area contributed by atoms with Gasteiger partial charge in [-0.3, -0.25) is 9.89 Å². The number of rotatable bonds is 7. The number of guanidine groups is 1. The molecule has 0 bridgehead atoms. The number of aryl methyl sites for hydroxylation is 1. The van der Waals surface area contributed by atoms with Crippen molar-refractivity contribution < 1.29 is 4.74 Å². The summed E-state index contributed by atoms with van der Waals surface area (Å²) in [7, 11) is 0. The first kappa shape index (κ1) is 20.5. The van der Waals surface area contributed by atoms with Gasteiger partial charge < -0.3 is 15.4 Å². The third-order valence-electron chi connectivity index (χ3n) is 5.20. The van der Waals surface area contributed by atoms with Crippen LogP contribution in [0.3, 0.4) is 0 Å². The average Bonchev–Trinajstić information content (AvgIpc) is 3.21. The molecule has 0 aromatic heterocycles. The molecule has 5 nitrogen and oxygen atoms in total. The van der Waals surface area contributed by atoms with Gasteiger partial charge in [0, 0.05) is 31.4 Å². The summed E-state index contributed by atoms with van der Waals surface area (Å²) in [4.78, 5) is 7.47. The predicted octanol–water partition coefficient (Wildman–Crippen LogP) is 2.82. The number of benzene rings is 1. The molecular formula is C21H34N4OS. The van der Waals surface area contributed by atoms with E-state index in [1.54, 1.807) is 0 Å². The van der Waals surface area contributed by atoms with Gasteiger partial charge in [-0.15, -0.1) is 0 Å². The second kappa shape index (κ2) is 10.9. The van der Waals surface area contributed by atoms with Gasteiger partial charge >= 0.3 is 0 Å². The first-order valence-electron chi connectivity index (χ1n) is 10.3. The molecule has 2 N–H and O–H groups in total. The number of hydrogen-bond acceptors (Lipinski definition) is 4. The molecule has 0 amide bonds. The highest BCUT2D eigenvalue weighted by Crippen LogP contribution is 2.25. The van der Waals surface area contributed by atoms with Crippen LogP contribution in [-0.2, 0) is 4.74 Å². The summed E-state index contributed by atoms with van der Waals surface area (Å²) in [6.07, 6.45) is 2.66. The molecule has 0 aliphatic carbocycles. The third kappa shape index (κ3) is 6.40. The lowest BCUT2D eigenvalue weighted by molar-refractivity contribution is 0.0179. The van der Waals surface area contributed by atoms with Crippen molar-refractivity contribution in [3.63, 3.8) is 0 Å². The van der Waals surface area contributed by atoms with Crippen molar-refractivity contribution in [1.82, 2.24) is 15.5 Å². The number of morpholine rings is 1. The van der Waals surface area contributed by atoms with Crippen molar-refractivity contribution in [2.45, 2.75) is 38.0 Å². The zero-order chi connectivity index (χ0) is 18.9. The fraction of sp³-hybridized carbons (Fsp3) is 0.667. The molecule has 1 aromatic rings. The Hall–Kier alpha value is -1.24. The summed E-state index contributed by atoms with van der Waals surface area (Å²) < 4.78 is 5.56. The average molecular weight is 391 g/mol. The molecule has 2 saturated heterocycles. The lowest BCUT2D eigenvalue weighted by Crippen LogP contribution is -2.42. The Morgan fingerprint density at radius 2 is 2.19 bits per heavy atom. The molecule has 0 radical (unpaired) electrons. The minimum Gasteiger partial charge on any atom is -0.379 e. The van der Waals surface area contributed by atoms with E-state index in [1.807, 2.05) is 0 Å². The van der Waals surface area contributed by atoms with E-state index in [9.17, 15) is 0 Å². The molecule has 2 unspecified atom stereocenters.